The van der Waals surface area contributed by atoms with Crippen LogP contribution in [0.2, 0.25) is 0 Å². The van der Waals surface area contributed by atoms with E-state index in [1.165, 1.54) is 5.56 Å². The van der Waals surface area contributed by atoms with Gasteiger partial charge in [-0.2, -0.15) is 0 Å². The molecule has 0 saturated carbocycles. The fraction of sp³-hybridized carbons (Fsp3) is 0.174. The number of anilines is 3. The summed E-state index contributed by atoms with van der Waals surface area (Å²) in [4.78, 5) is 13.3. The smallest absolute Gasteiger partial charge is 0.150 e. The molecule has 0 radical (unpaired) electrons. The quantitative estimate of drug-likeness (QED) is 0.501. The van der Waals surface area contributed by atoms with E-state index in [1.54, 1.807) is 0 Å². The first kappa shape index (κ1) is 18.5. The number of para-hydroxylation sites is 1. The van der Waals surface area contributed by atoms with E-state index in [1.807, 2.05) is 51.1 Å². The number of carbonyl (C=O) groups is 1. The number of benzene rings is 3. The number of aryl methyl sites for hydroxylation is 2. The lowest BCUT2D eigenvalue weighted by atomic mass is 10.1. The van der Waals surface area contributed by atoms with E-state index in [4.69, 9.17) is 0 Å². The first-order chi connectivity index (χ1) is 12.2. The summed E-state index contributed by atoms with van der Waals surface area (Å²) in [5, 5.41) is 0. The van der Waals surface area contributed by atoms with Crippen LogP contribution < -0.4 is 4.90 Å². The average molecular weight is 331 g/mol. The Kier molecular flexibility index (Phi) is 6.53. The van der Waals surface area contributed by atoms with Crippen LogP contribution in [0.5, 0.6) is 0 Å². The zero-order valence-electron chi connectivity index (χ0n) is 15.4. The predicted molar refractivity (Wildman–Crippen MR) is 107 cm³/mol. The first-order valence-corrected chi connectivity index (χ1v) is 8.67. The van der Waals surface area contributed by atoms with Gasteiger partial charge >= 0.3 is 0 Å². The molecule has 0 atom stereocenters. The molecular formula is C23H25NO. The molecule has 2 heteroatoms. The largest absolute Gasteiger partial charge is 0.310 e. The van der Waals surface area contributed by atoms with Crippen molar-refractivity contribution in [2.24, 2.45) is 0 Å². The Bertz CT molecular complexity index is 825. The molecule has 0 saturated heterocycles. The zero-order chi connectivity index (χ0) is 18.2. The minimum absolute atomic E-state index is 0.728. The van der Waals surface area contributed by atoms with Crippen LogP contribution in [0.1, 0.15) is 35.3 Å². The topological polar surface area (TPSA) is 20.3 Å². The molecule has 0 aliphatic rings. The molecule has 2 nitrogen and oxygen atoms in total. The van der Waals surface area contributed by atoms with Crippen molar-refractivity contribution in [3.63, 3.8) is 0 Å². The minimum atomic E-state index is 0.728. The van der Waals surface area contributed by atoms with E-state index >= 15 is 0 Å². The van der Waals surface area contributed by atoms with Crippen molar-refractivity contribution < 1.29 is 4.79 Å². The lowest BCUT2D eigenvalue weighted by Crippen LogP contribution is -2.10. The molecule has 128 valence electrons. The molecule has 25 heavy (non-hydrogen) atoms. The molecule has 0 aliphatic heterocycles. The second-order valence-corrected chi connectivity index (χ2v) is 5.67. The van der Waals surface area contributed by atoms with Gasteiger partial charge in [-0.25, -0.2) is 0 Å². The number of hydrogen-bond acceptors (Lipinski definition) is 2. The van der Waals surface area contributed by atoms with E-state index < -0.39 is 0 Å². The second-order valence-electron chi connectivity index (χ2n) is 5.67. The van der Waals surface area contributed by atoms with Crippen molar-refractivity contribution in [1.82, 2.24) is 0 Å². The molecule has 0 heterocycles. The summed E-state index contributed by atoms with van der Waals surface area (Å²) < 4.78 is 0. The molecule has 3 aromatic rings. The van der Waals surface area contributed by atoms with Gasteiger partial charge in [-0.1, -0.05) is 44.2 Å². The summed E-state index contributed by atoms with van der Waals surface area (Å²) in [6.07, 6.45) is 0.901. The number of rotatable bonds is 4. The molecule has 0 fully saturated rings. The van der Waals surface area contributed by atoms with Crippen LogP contribution >= 0.6 is 0 Å². The minimum Gasteiger partial charge on any atom is -0.310 e. The van der Waals surface area contributed by atoms with Gasteiger partial charge in [-0.3, -0.25) is 4.79 Å². The van der Waals surface area contributed by atoms with E-state index in [-0.39, 0.29) is 0 Å². The van der Waals surface area contributed by atoms with E-state index in [2.05, 4.69) is 54.3 Å². The standard InChI is InChI=1S/C21H19NO.C2H6/c1-16-7-6-10-20(13-16)22(19-8-4-3-5-9-19)21-12-11-18(15-23)17(2)14-21;1-2/h3-15H,1-2H3;1-2H3. The highest BCUT2D eigenvalue weighted by Crippen LogP contribution is 2.35. The van der Waals surface area contributed by atoms with E-state index in [0.717, 1.165) is 34.5 Å². The van der Waals surface area contributed by atoms with Crippen molar-refractivity contribution in [3.05, 3.63) is 89.5 Å². The first-order valence-electron chi connectivity index (χ1n) is 8.67. The average Bonchev–Trinajstić information content (AvgIpc) is 2.65. The van der Waals surface area contributed by atoms with Crippen molar-refractivity contribution in [2.45, 2.75) is 27.7 Å². The van der Waals surface area contributed by atoms with Gasteiger partial charge in [0.25, 0.3) is 0 Å². The van der Waals surface area contributed by atoms with Gasteiger partial charge in [-0.05, 0) is 67.4 Å². The third-order valence-electron chi connectivity index (χ3n) is 3.91. The normalized spacial score (nSPS) is 9.76. The van der Waals surface area contributed by atoms with Crippen molar-refractivity contribution in [1.29, 1.82) is 0 Å². The van der Waals surface area contributed by atoms with Gasteiger partial charge in [0.1, 0.15) is 6.29 Å². The van der Waals surface area contributed by atoms with Gasteiger partial charge in [0, 0.05) is 22.6 Å². The summed E-state index contributed by atoms with van der Waals surface area (Å²) in [7, 11) is 0. The maximum atomic E-state index is 11.1. The Morgan fingerprint density at radius 2 is 1.36 bits per heavy atom. The highest BCUT2D eigenvalue weighted by atomic mass is 16.1. The fourth-order valence-corrected chi connectivity index (χ4v) is 2.72. The van der Waals surface area contributed by atoms with Crippen LogP contribution in [0.15, 0.2) is 72.8 Å². The SMILES string of the molecule is CC.Cc1cccc(N(c2ccccc2)c2ccc(C=O)c(C)c2)c1. The van der Waals surface area contributed by atoms with Crippen LogP contribution in [0.3, 0.4) is 0 Å². The summed E-state index contributed by atoms with van der Waals surface area (Å²) in [5.41, 5.74) is 6.16. The monoisotopic (exact) mass is 331 g/mol. The predicted octanol–water partition coefficient (Wildman–Crippen LogP) is 6.61. The summed E-state index contributed by atoms with van der Waals surface area (Å²) >= 11 is 0. The van der Waals surface area contributed by atoms with E-state index in [0.29, 0.717) is 0 Å². The number of aldehydes is 1. The van der Waals surface area contributed by atoms with Crippen molar-refractivity contribution >= 4 is 23.3 Å². The van der Waals surface area contributed by atoms with Gasteiger partial charge in [0.15, 0.2) is 0 Å². The second kappa shape index (κ2) is 8.84. The van der Waals surface area contributed by atoms with Crippen LogP contribution in [0.4, 0.5) is 17.1 Å². The molecule has 0 amide bonds. The van der Waals surface area contributed by atoms with Gasteiger partial charge in [0.2, 0.25) is 0 Å². The summed E-state index contributed by atoms with van der Waals surface area (Å²) in [6.45, 7) is 8.06. The lowest BCUT2D eigenvalue weighted by Gasteiger charge is -2.26. The Morgan fingerprint density at radius 1 is 0.720 bits per heavy atom. The zero-order valence-corrected chi connectivity index (χ0v) is 15.4. The van der Waals surface area contributed by atoms with Crippen molar-refractivity contribution in [3.8, 4) is 0 Å². The Morgan fingerprint density at radius 3 is 1.96 bits per heavy atom. The molecule has 0 unspecified atom stereocenters. The summed E-state index contributed by atoms with van der Waals surface area (Å²) in [6, 6.07) is 24.6. The Balaban J connectivity index is 0.00000109. The summed E-state index contributed by atoms with van der Waals surface area (Å²) in [5.74, 6) is 0. The number of hydrogen-bond donors (Lipinski definition) is 0. The van der Waals surface area contributed by atoms with Crippen LogP contribution in [-0.2, 0) is 0 Å². The highest BCUT2D eigenvalue weighted by Gasteiger charge is 2.13. The molecule has 0 bridgehead atoms. The molecule has 0 spiro atoms. The molecule has 0 aromatic heterocycles. The van der Waals surface area contributed by atoms with Crippen LogP contribution in [0, 0.1) is 13.8 Å². The third kappa shape index (κ3) is 4.36. The van der Waals surface area contributed by atoms with Crippen LogP contribution in [0.25, 0.3) is 0 Å². The molecule has 3 rings (SSSR count). The Labute approximate surface area is 150 Å². The molecule has 3 aromatic carbocycles. The maximum absolute atomic E-state index is 11.1. The van der Waals surface area contributed by atoms with E-state index in [9.17, 15) is 4.79 Å². The molecule has 0 aliphatic carbocycles. The van der Waals surface area contributed by atoms with Crippen LogP contribution in [-0.4, -0.2) is 6.29 Å². The number of nitrogens with zero attached hydrogens (tertiary/aromatic N) is 1. The molecule has 0 N–H and O–H groups in total. The van der Waals surface area contributed by atoms with Gasteiger partial charge in [-0.15, -0.1) is 0 Å². The highest BCUT2D eigenvalue weighted by molar-refractivity contribution is 5.82. The molecular weight excluding hydrogens is 306 g/mol. The Hall–Kier alpha value is -2.87. The fourth-order valence-electron chi connectivity index (χ4n) is 2.72. The van der Waals surface area contributed by atoms with Gasteiger partial charge < -0.3 is 4.90 Å². The van der Waals surface area contributed by atoms with Gasteiger partial charge in [0.05, 0.1) is 0 Å². The lowest BCUT2D eigenvalue weighted by molar-refractivity contribution is 0.112. The number of carbonyl (C=O) groups excluding carboxylic acids is 1. The maximum Gasteiger partial charge on any atom is 0.150 e. The van der Waals surface area contributed by atoms with Crippen molar-refractivity contribution in [2.75, 3.05) is 4.90 Å². The third-order valence-corrected chi connectivity index (χ3v) is 3.91.